The minimum atomic E-state index is -4.06. The Morgan fingerprint density at radius 2 is 1.95 bits per heavy atom. The number of rotatable bonds is 7. The van der Waals surface area contributed by atoms with E-state index in [0.29, 0.717) is 0 Å². The summed E-state index contributed by atoms with van der Waals surface area (Å²) in [6, 6.07) is 5.07. The van der Waals surface area contributed by atoms with Crippen LogP contribution in [0.4, 0.5) is 5.69 Å². The molecule has 0 bridgehead atoms. The van der Waals surface area contributed by atoms with Crippen LogP contribution in [0.1, 0.15) is 20.3 Å². The molecule has 0 unspecified atom stereocenters. The number of hydrogen-bond acceptors (Lipinski definition) is 6. The van der Waals surface area contributed by atoms with E-state index >= 15 is 0 Å². The van der Waals surface area contributed by atoms with Crippen LogP contribution in [0.5, 0.6) is 0 Å². The Hall–Kier alpha value is -2.00. The summed E-state index contributed by atoms with van der Waals surface area (Å²) in [5, 5.41) is 10.9. The van der Waals surface area contributed by atoms with E-state index in [1.54, 1.807) is 13.8 Å². The number of nitro groups is 1. The molecule has 0 spiro atoms. The van der Waals surface area contributed by atoms with Crippen molar-refractivity contribution in [1.29, 1.82) is 0 Å². The SMILES string of the molecule is COC(=O)CC(C)(C)CNS(=O)(=O)c1ccccc1[N+](=O)[O-]. The average molecular weight is 330 g/mol. The predicted molar refractivity (Wildman–Crippen MR) is 78.7 cm³/mol. The van der Waals surface area contributed by atoms with Gasteiger partial charge >= 0.3 is 5.97 Å². The van der Waals surface area contributed by atoms with Crippen LogP contribution >= 0.6 is 0 Å². The third-order valence-electron chi connectivity index (χ3n) is 2.94. The summed E-state index contributed by atoms with van der Waals surface area (Å²) in [5.74, 6) is -0.463. The molecule has 0 amide bonds. The first kappa shape index (κ1) is 18.1. The standard InChI is InChI=1S/C13H18N2O6S/c1-13(2,8-12(16)21-3)9-14-22(19,20)11-7-5-4-6-10(11)15(17)18/h4-7,14H,8-9H2,1-3H3. The zero-order valence-corrected chi connectivity index (χ0v) is 13.3. The molecule has 0 aliphatic rings. The molecule has 0 heterocycles. The van der Waals surface area contributed by atoms with Gasteiger partial charge in [0.15, 0.2) is 4.90 Å². The van der Waals surface area contributed by atoms with Crippen LogP contribution < -0.4 is 4.72 Å². The van der Waals surface area contributed by atoms with E-state index in [0.717, 1.165) is 12.1 Å². The Balaban J connectivity index is 2.94. The lowest BCUT2D eigenvalue weighted by Gasteiger charge is -2.23. The van der Waals surface area contributed by atoms with E-state index < -0.39 is 36.9 Å². The number of ether oxygens (including phenoxy) is 1. The number of carbonyl (C=O) groups is 1. The summed E-state index contributed by atoms with van der Waals surface area (Å²) in [6.45, 7) is 3.31. The molecule has 0 aliphatic heterocycles. The molecule has 0 saturated heterocycles. The molecule has 1 aromatic rings. The summed E-state index contributed by atoms with van der Waals surface area (Å²) < 4.78 is 31.3. The topological polar surface area (TPSA) is 116 Å². The summed E-state index contributed by atoms with van der Waals surface area (Å²) >= 11 is 0. The molecule has 0 fully saturated rings. The van der Waals surface area contributed by atoms with Crippen molar-refractivity contribution in [1.82, 2.24) is 4.72 Å². The van der Waals surface area contributed by atoms with Gasteiger partial charge in [-0.2, -0.15) is 0 Å². The van der Waals surface area contributed by atoms with Crippen LogP contribution in [0.3, 0.4) is 0 Å². The fraction of sp³-hybridized carbons (Fsp3) is 0.462. The van der Waals surface area contributed by atoms with Crippen molar-refractivity contribution < 1.29 is 22.9 Å². The van der Waals surface area contributed by atoms with Crippen molar-refractivity contribution in [2.75, 3.05) is 13.7 Å². The summed E-state index contributed by atoms with van der Waals surface area (Å²) in [6.07, 6.45) is 0.0168. The first-order valence-electron chi connectivity index (χ1n) is 6.39. The maximum absolute atomic E-state index is 12.2. The van der Waals surface area contributed by atoms with Gasteiger partial charge in [0.05, 0.1) is 18.5 Å². The summed E-state index contributed by atoms with van der Waals surface area (Å²) in [7, 11) is -2.81. The van der Waals surface area contributed by atoms with Crippen molar-refractivity contribution in [3.63, 3.8) is 0 Å². The van der Waals surface area contributed by atoms with Crippen LogP contribution in [0.2, 0.25) is 0 Å². The number of methoxy groups -OCH3 is 1. The Labute approximate surface area is 128 Å². The molecule has 1 N–H and O–H groups in total. The quantitative estimate of drug-likeness (QED) is 0.460. The predicted octanol–water partition coefficient (Wildman–Crippen LogP) is 1.46. The number of hydrogen-bond donors (Lipinski definition) is 1. The third kappa shape index (κ3) is 4.78. The van der Waals surface area contributed by atoms with Gasteiger partial charge < -0.3 is 4.74 Å². The maximum Gasteiger partial charge on any atom is 0.306 e. The smallest absolute Gasteiger partial charge is 0.306 e. The van der Waals surface area contributed by atoms with Crippen LogP contribution in [0, 0.1) is 15.5 Å². The van der Waals surface area contributed by atoms with Crippen LogP contribution in [-0.4, -0.2) is 33.0 Å². The number of nitro benzene ring substituents is 1. The largest absolute Gasteiger partial charge is 0.469 e. The second kappa shape index (κ2) is 6.84. The van der Waals surface area contributed by atoms with E-state index in [4.69, 9.17) is 0 Å². The Morgan fingerprint density at radius 3 is 2.50 bits per heavy atom. The van der Waals surface area contributed by atoms with E-state index in [-0.39, 0.29) is 13.0 Å². The highest BCUT2D eigenvalue weighted by molar-refractivity contribution is 7.89. The fourth-order valence-corrected chi connectivity index (χ4v) is 3.14. The number of benzene rings is 1. The van der Waals surface area contributed by atoms with Gasteiger partial charge in [-0.05, 0) is 11.5 Å². The van der Waals surface area contributed by atoms with Crippen LogP contribution in [-0.2, 0) is 19.6 Å². The van der Waals surface area contributed by atoms with Gasteiger partial charge in [0.1, 0.15) is 0 Å². The first-order valence-corrected chi connectivity index (χ1v) is 7.87. The van der Waals surface area contributed by atoms with Gasteiger partial charge in [0.25, 0.3) is 5.69 Å². The van der Waals surface area contributed by atoms with Gasteiger partial charge in [-0.3, -0.25) is 14.9 Å². The summed E-state index contributed by atoms with van der Waals surface area (Å²) in [5.41, 5.74) is -1.19. The molecular formula is C13H18N2O6S. The molecule has 0 aliphatic carbocycles. The van der Waals surface area contributed by atoms with Crippen molar-refractivity contribution in [2.24, 2.45) is 5.41 Å². The zero-order chi connectivity index (χ0) is 17.0. The molecular weight excluding hydrogens is 312 g/mol. The number of para-hydroxylation sites is 1. The van der Waals surface area contributed by atoms with Crippen molar-refractivity contribution >= 4 is 21.7 Å². The normalized spacial score (nSPS) is 12.0. The minimum Gasteiger partial charge on any atom is -0.469 e. The highest BCUT2D eigenvalue weighted by Crippen LogP contribution is 2.25. The second-order valence-corrected chi connectivity index (χ2v) is 7.20. The highest BCUT2D eigenvalue weighted by atomic mass is 32.2. The molecule has 1 rings (SSSR count). The van der Waals surface area contributed by atoms with E-state index in [2.05, 4.69) is 9.46 Å². The second-order valence-electron chi connectivity index (χ2n) is 5.47. The van der Waals surface area contributed by atoms with E-state index in [1.807, 2.05) is 0 Å². The lowest BCUT2D eigenvalue weighted by Crippen LogP contribution is -2.35. The molecule has 0 saturated carbocycles. The fourth-order valence-electron chi connectivity index (χ4n) is 1.73. The molecule has 0 atom stereocenters. The first-order chi connectivity index (χ1) is 10.1. The number of sulfonamides is 1. The van der Waals surface area contributed by atoms with Crippen molar-refractivity contribution in [2.45, 2.75) is 25.2 Å². The van der Waals surface area contributed by atoms with Crippen molar-refractivity contribution in [3.05, 3.63) is 34.4 Å². The Morgan fingerprint density at radius 1 is 1.36 bits per heavy atom. The molecule has 0 aromatic heterocycles. The number of nitrogens with one attached hydrogen (secondary N) is 1. The highest BCUT2D eigenvalue weighted by Gasteiger charge is 2.29. The van der Waals surface area contributed by atoms with Crippen LogP contribution in [0.15, 0.2) is 29.2 Å². The Bertz CT molecular complexity index is 669. The molecule has 1 aromatic carbocycles. The van der Waals surface area contributed by atoms with Gasteiger partial charge in [0, 0.05) is 12.6 Å². The van der Waals surface area contributed by atoms with Crippen LogP contribution in [0.25, 0.3) is 0 Å². The summed E-state index contributed by atoms with van der Waals surface area (Å²) in [4.78, 5) is 21.0. The van der Waals surface area contributed by atoms with Gasteiger partial charge in [-0.25, -0.2) is 13.1 Å². The van der Waals surface area contributed by atoms with Gasteiger partial charge in [0.2, 0.25) is 10.0 Å². The molecule has 22 heavy (non-hydrogen) atoms. The zero-order valence-electron chi connectivity index (χ0n) is 12.5. The molecule has 9 heteroatoms. The number of nitrogens with zero attached hydrogens (tertiary/aromatic N) is 1. The lowest BCUT2D eigenvalue weighted by atomic mass is 9.90. The van der Waals surface area contributed by atoms with E-state index in [1.165, 1.54) is 19.2 Å². The number of carbonyl (C=O) groups excluding carboxylic acids is 1. The molecule has 0 radical (unpaired) electrons. The van der Waals surface area contributed by atoms with Gasteiger partial charge in [-0.15, -0.1) is 0 Å². The minimum absolute atomic E-state index is 0.0168. The molecule has 8 nitrogen and oxygen atoms in total. The molecule has 122 valence electrons. The maximum atomic E-state index is 12.2. The monoisotopic (exact) mass is 330 g/mol. The van der Waals surface area contributed by atoms with Gasteiger partial charge in [-0.1, -0.05) is 26.0 Å². The third-order valence-corrected chi connectivity index (χ3v) is 4.39. The van der Waals surface area contributed by atoms with Crippen molar-refractivity contribution in [3.8, 4) is 0 Å². The number of esters is 1. The van der Waals surface area contributed by atoms with E-state index in [9.17, 15) is 23.3 Å². The average Bonchev–Trinajstić information content (AvgIpc) is 2.45. The lowest BCUT2D eigenvalue weighted by molar-refractivity contribution is -0.387. The Kier molecular flexibility index (Phi) is 5.61.